The highest BCUT2D eigenvalue weighted by Gasteiger charge is 2.12. The number of benzene rings is 2. The van der Waals surface area contributed by atoms with Crippen LogP contribution >= 0.6 is 34.5 Å². The van der Waals surface area contributed by atoms with Crippen molar-refractivity contribution in [2.24, 2.45) is 0 Å². The van der Waals surface area contributed by atoms with Crippen LogP contribution in [0, 0.1) is 6.92 Å². The summed E-state index contributed by atoms with van der Waals surface area (Å²) >= 11 is 13.5. The highest BCUT2D eigenvalue weighted by Crippen LogP contribution is 2.24. The van der Waals surface area contributed by atoms with Crippen molar-refractivity contribution in [1.29, 1.82) is 0 Å². The number of para-hydroxylation sites is 1. The number of aryl methyl sites for hydroxylation is 1. The molecule has 6 nitrogen and oxygen atoms in total. The van der Waals surface area contributed by atoms with Gasteiger partial charge in [-0.25, -0.2) is 9.97 Å². The highest BCUT2D eigenvalue weighted by atomic mass is 35.5. The Kier molecular flexibility index (Phi) is 5.85. The zero-order valence-electron chi connectivity index (χ0n) is 15.9. The lowest BCUT2D eigenvalue weighted by molar-refractivity contribution is -0.115. The second-order valence-corrected chi connectivity index (χ2v) is 8.52. The summed E-state index contributed by atoms with van der Waals surface area (Å²) in [5, 5.41) is 6.45. The van der Waals surface area contributed by atoms with Crippen molar-refractivity contribution in [2.45, 2.75) is 19.9 Å². The number of fused-ring (bicyclic) bond motifs is 1. The zero-order chi connectivity index (χ0) is 21.3. The molecule has 0 fully saturated rings. The normalized spacial score (nSPS) is 11.0. The van der Waals surface area contributed by atoms with E-state index in [9.17, 15) is 9.59 Å². The maximum absolute atomic E-state index is 12.8. The molecule has 1 N–H and O–H groups in total. The molecule has 0 saturated heterocycles. The van der Waals surface area contributed by atoms with Crippen LogP contribution in [0.25, 0.3) is 10.9 Å². The van der Waals surface area contributed by atoms with E-state index in [0.717, 1.165) is 11.3 Å². The van der Waals surface area contributed by atoms with Crippen molar-refractivity contribution >= 4 is 57.0 Å². The largest absolute Gasteiger partial charge is 0.325 e. The number of thiazole rings is 1. The molecular weight excluding hydrogens is 443 g/mol. The van der Waals surface area contributed by atoms with Gasteiger partial charge in [0.1, 0.15) is 5.01 Å². The van der Waals surface area contributed by atoms with Crippen LogP contribution in [0.2, 0.25) is 10.0 Å². The van der Waals surface area contributed by atoms with Gasteiger partial charge in [0.05, 0.1) is 40.9 Å². The van der Waals surface area contributed by atoms with E-state index in [1.54, 1.807) is 12.1 Å². The molecule has 0 bridgehead atoms. The minimum atomic E-state index is -0.253. The molecule has 9 heteroatoms. The number of halogens is 2. The van der Waals surface area contributed by atoms with E-state index < -0.39 is 0 Å². The van der Waals surface area contributed by atoms with Gasteiger partial charge in [0.2, 0.25) is 5.91 Å². The molecule has 1 amide bonds. The molecule has 0 aliphatic rings. The Hall–Kier alpha value is -2.74. The fraction of sp³-hybridized carbons (Fsp3) is 0.143. The second kappa shape index (κ2) is 8.55. The van der Waals surface area contributed by atoms with Gasteiger partial charge in [-0.15, -0.1) is 11.3 Å². The summed E-state index contributed by atoms with van der Waals surface area (Å²) in [5.41, 5.74) is 2.61. The molecule has 0 unspecified atom stereocenters. The molecule has 2 aromatic carbocycles. The van der Waals surface area contributed by atoms with Gasteiger partial charge in [-0.05, 0) is 30.7 Å². The molecule has 30 heavy (non-hydrogen) atoms. The first-order valence-corrected chi connectivity index (χ1v) is 10.7. The summed E-state index contributed by atoms with van der Waals surface area (Å²) in [6.07, 6.45) is 1.60. The van der Waals surface area contributed by atoms with Crippen LogP contribution in [0.1, 0.15) is 16.3 Å². The Morgan fingerprint density at radius 3 is 2.83 bits per heavy atom. The summed E-state index contributed by atoms with van der Waals surface area (Å²) < 4.78 is 1.45. The minimum Gasteiger partial charge on any atom is -0.325 e. The van der Waals surface area contributed by atoms with Crippen molar-refractivity contribution in [3.63, 3.8) is 0 Å². The Balaban J connectivity index is 1.50. The van der Waals surface area contributed by atoms with Crippen molar-refractivity contribution in [3.8, 4) is 0 Å². The number of rotatable bonds is 5. The van der Waals surface area contributed by atoms with Crippen LogP contribution in [0.3, 0.4) is 0 Å². The van der Waals surface area contributed by atoms with Gasteiger partial charge < -0.3 is 5.32 Å². The Morgan fingerprint density at radius 1 is 1.23 bits per heavy atom. The third kappa shape index (κ3) is 4.38. The summed E-state index contributed by atoms with van der Waals surface area (Å²) in [7, 11) is 0. The number of anilines is 1. The molecule has 0 saturated carbocycles. The average molecular weight is 459 g/mol. The molecule has 0 spiro atoms. The van der Waals surface area contributed by atoms with Crippen LogP contribution in [0.5, 0.6) is 0 Å². The number of nitrogens with one attached hydrogen (secondary N) is 1. The predicted octanol–water partition coefficient (Wildman–Crippen LogP) is 4.70. The monoisotopic (exact) mass is 458 g/mol. The topological polar surface area (TPSA) is 76.9 Å². The molecule has 0 atom stereocenters. The van der Waals surface area contributed by atoms with Gasteiger partial charge in [-0.3, -0.25) is 14.2 Å². The second-order valence-electron chi connectivity index (χ2n) is 6.73. The van der Waals surface area contributed by atoms with Gasteiger partial charge in [-0.2, -0.15) is 0 Å². The van der Waals surface area contributed by atoms with E-state index in [1.165, 1.54) is 22.2 Å². The fourth-order valence-electron chi connectivity index (χ4n) is 3.03. The first-order valence-electron chi connectivity index (χ1n) is 9.03. The molecule has 2 heterocycles. The summed E-state index contributed by atoms with van der Waals surface area (Å²) in [6.45, 7) is 2.18. The van der Waals surface area contributed by atoms with Crippen LogP contribution in [-0.2, 0) is 17.8 Å². The van der Waals surface area contributed by atoms with Crippen LogP contribution < -0.4 is 10.9 Å². The number of hydrogen-bond acceptors (Lipinski definition) is 5. The van der Waals surface area contributed by atoms with Crippen molar-refractivity contribution < 1.29 is 4.79 Å². The minimum absolute atomic E-state index is 0.140. The number of aromatic nitrogens is 3. The smallest absolute Gasteiger partial charge is 0.261 e. The molecule has 2 aromatic heterocycles. The Morgan fingerprint density at radius 2 is 2.03 bits per heavy atom. The van der Waals surface area contributed by atoms with E-state index in [-0.39, 0.29) is 24.4 Å². The van der Waals surface area contributed by atoms with Crippen LogP contribution in [0.4, 0.5) is 5.69 Å². The lowest BCUT2D eigenvalue weighted by atomic mass is 10.2. The van der Waals surface area contributed by atoms with E-state index in [0.29, 0.717) is 31.6 Å². The quantitative estimate of drug-likeness (QED) is 0.470. The number of carbonyl (C=O) groups excluding carboxylic acids is 1. The lowest BCUT2D eigenvalue weighted by Gasteiger charge is -2.07. The van der Waals surface area contributed by atoms with Crippen molar-refractivity contribution in [1.82, 2.24) is 14.5 Å². The van der Waals surface area contributed by atoms with E-state index in [1.807, 2.05) is 36.6 Å². The zero-order valence-corrected chi connectivity index (χ0v) is 18.2. The maximum atomic E-state index is 12.8. The van der Waals surface area contributed by atoms with Gasteiger partial charge in [0, 0.05) is 16.1 Å². The lowest BCUT2D eigenvalue weighted by Crippen LogP contribution is -2.21. The van der Waals surface area contributed by atoms with Gasteiger partial charge in [-0.1, -0.05) is 41.4 Å². The standard InChI is InChI=1S/C21H16Cl2N4O2S/c1-12-4-2-3-5-17(12)26-18(28)8-19-25-14(10-30-19)9-27-11-24-20-15(21(27)29)6-13(22)7-16(20)23/h2-7,10-11H,8-9H2,1H3,(H,26,28). The third-order valence-corrected chi connectivity index (χ3v) is 5.91. The first kappa shape index (κ1) is 20.5. The number of amides is 1. The molecule has 0 aliphatic heterocycles. The number of hydrogen-bond donors (Lipinski definition) is 1. The summed E-state index contributed by atoms with van der Waals surface area (Å²) in [4.78, 5) is 33.9. The summed E-state index contributed by atoms with van der Waals surface area (Å²) in [5.74, 6) is -0.140. The van der Waals surface area contributed by atoms with E-state index in [2.05, 4.69) is 15.3 Å². The molecule has 0 radical (unpaired) electrons. The fourth-order valence-corrected chi connectivity index (χ4v) is 4.36. The van der Waals surface area contributed by atoms with E-state index >= 15 is 0 Å². The number of nitrogens with zero attached hydrogens (tertiary/aromatic N) is 3. The first-order chi connectivity index (χ1) is 14.4. The molecule has 0 aliphatic carbocycles. The van der Waals surface area contributed by atoms with Crippen LogP contribution in [0.15, 0.2) is 52.9 Å². The van der Waals surface area contributed by atoms with Gasteiger partial charge in [0.25, 0.3) is 5.56 Å². The van der Waals surface area contributed by atoms with Crippen molar-refractivity contribution in [3.05, 3.63) is 84.8 Å². The van der Waals surface area contributed by atoms with Gasteiger partial charge >= 0.3 is 0 Å². The predicted molar refractivity (Wildman–Crippen MR) is 121 cm³/mol. The molecule has 152 valence electrons. The Bertz CT molecular complexity index is 1320. The molecular formula is C21H16Cl2N4O2S. The molecule has 4 aromatic rings. The Labute approximate surface area is 186 Å². The molecule has 4 rings (SSSR count). The van der Waals surface area contributed by atoms with Crippen molar-refractivity contribution in [2.75, 3.05) is 5.32 Å². The van der Waals surface area contributed by atoms with Crippen LogP contribution in [-0.4, -0.2) is 20.4 Å². The van der Waals surface area contributed by atoms with Gasteiger partial charge in [0.15, 0.2) is 0 Å². The highest BCUT2D eigenvalue weighted by molar-refractivity contribution is 7.09. The summed E-state index contributed by atoms with van der Waals surface area (Å²) in [6, 6.07) is 10.7. The maximum Gasteiger partial charge on any atom is 0.261 e. The number of carbonyl (C=O) groups is 1. The third-order valence-electron chi connectivity index (χ3n) is 4.51. The van der Waals surface area contributed by atoms with E-state index in [4.69, 9.17) is 23.2 Å². The SMILES string of the molecule is Cc1ccccc1NC(=O)Cc1nc(Cn2cnc3c(Cl)cc(Cl)cc3c2=O)cs1. The average Bonchev–Trinajstić information content (AvgIpc) is 3.13.